The van der Waals surface area contributed by atoms with Crippen molar-refractivity contribution < 1.29 is 14.0 Å². The van der Waals surface area contributed by atoms with Crippen molar-refractivity contribution in [2.75, 3.05) is 11.9 Å². The highest BCUT2D eigenvalue weighted by molar-refractivity contribution is 7.15. The number of halogens is 1. The number of benzene rings is 1. The Balaban J connectivity index is 1.62. The van der Waals surface area contributed by atoms with Gasteiger partial charge in [-0.25, -0.2) is 14.2 Å². The van der Waals surface area contributed by atoms with E-state index in [0.717, 1.165) is 10.4 Å². The van der Waals surface area contributed by atoms with E-state index < -0.39 is 6.04 Å². The number of thiazole rings is 1. The maximum atomic E-state index is 13.6. The average Bonchev–Trinajstić information content (AvgIpc) is 3.12. The summed E-state index contributed by atoms with van der Waals surface area (Å²) >= 11 is 1.33. The summed E-state index contributed by atoms with van der Waals surface area (Å²) in [5, 5.41) is 8.15. The molecular weight excluding hydrogens is 319 g/mol. The number of hydrogen-bond donors (Lipinski definition) is 3. The van der Waals surface area contributed by atoms with Gasteiger partial charge in [-0.2, -0.15) is 0 Å². The van der Waals surface area contributed by atoms with Gasteiger partial charge >= 0.3 is 6.03 Å². The third-order valence-electron chi connectivity index (χ3n) is 3.49. The van der Waals surface area contributed by atoms with E-state index in [1.807, 2.05) is 6.07 Å². The molecular formula is C15H15FN4O2S. The van der Waals surface area contributed by atoms with E-state index >= 15 is 0 Å². The van der Waals surface area contributed by atoms with Crippen molar-refractivity contribution in [3.05, 3.63) is 46.2 Å². The van der Waals surface area contributed by atoms with Crippen LogP contribution in [0.3, 0.4) is 0 Å². The van der Waals surface area contributed by atoms with Gasteiger partial charge in [0.2, 0.25) is 0 Å². The summed E-state index contributed by atoms with van der Waals surface area (Å²) in [6, 6.07) is 4.17. The Kier molecular flexibility index (Phi) is 4.24. The van der Waals surface area contributed by atoms with Gasteiger partial charge in [0.1, 0.15) is 11.9 Å². The number of nitrogens with zero attached hydrogens (tertiary/aromatic N) is 1. The van der Waals surface area contributed by atoms with Gasteiger partial charge in [0.05, 0.1) is 0 Å². The van der Waals surface area contributed by atoms with Gasteiger partial charge in [0.15, 0.2) is 5.13 Å². The number of carbonyl (C=O) groups is 2. The van der Waals surface area contributed by atoms with Crippen molar-refractivity contribution in [2.45, 2.75) is 19.4 Å². The van der Waals surface area contributed by atoms with Crippen LogP contribution in [0, 0.1) is 12.7 Å². The summed E-state index contributed by atoms with van der Waals surface area (Å²) in [6.45, 7) is 1.97. The quantitative estimate of drug-likeness (QED) is 0.797. The molecule has 2 aromatic rings. The van der Waals surface area contributed by atoms with Crippen LogP contribution < -0.4 is 16.0 Å². The van der Waals surface area contributed by atoms with E-state index in [9.17, 15) is 14.0 Å². The number of rotatable bonds is 4. The largest absolute Gasteiger partial charge is 0.336 e. The van der Waals surface area contributed by atoms with Gasteiger partial charge in [-0.1, -0.05) is 12.1 Å². The zero-order valence-corrected chi connectivity index (χ0v) is 13.2. The zero-order valence-electron chi connectivity index (χ0n) is 12.4. The Morgan fingerprint density at radius 2 is 2.35 bits per heavy atom. The lowest BCUT2D eigenvalue weighted by Gasteiger charge is -2.06. The minimum absolute atomic E-state index is 0.231. The highest BCUT2D eigenvalue weighted by Gasteiger charge is 2.27. The molecule has 0 aliphatic carbocycles. The number of carbonyl (C=O) groups excluding carboxylic acids is 2. The standard InChI is InChI=1S/C15H15FN4O2S/c1-8-2-3-9(5-11(8)16)4-10-6-18-15(23-10)20-13(21)12-7-17-14(22)19-12/h2-3,5-6,12H,4,7H2,1H3,(H2,17,19,22)(H,18,20,21)/t12-/m1/s1. The first-order chi connectivity index (χ1) is 11.0. The molecule has 23 heavy (non-hydrogen) atoms. The van der Waals surface area contributed by atoms with Crippen LogP contribution in [0.4, 0.5) is 14.3 Å². The first kappa shape index (κ1) is 15.4. The molecule has 3 amide bonds. The van der Waals surface area contributed by atoms with Crippen molar-refractivity contribution >= 4 is 28.4 Å². The third kappa shape index (κ3) is 3.65. The van der Waals surface area contributed by atoms with Gasteiger partial charge in [-0.15, -0.1) is 11.3 Å². The van der Waals surface area contributed by atoms with Crippen molar-refractivity contribution in [1.82, 2.24) is 15.6 Å². The van der Waals surface area contributed by atoms with Crippen LogP contribution >= 0.6 is 11.3 Å². The number of amides is 3. The van der Waals surface area contributed by atoms with E-state index in [4.69, 9.17) is 0 Å². The maximum Gasteiger partial charge on any atom is 0.315 e. The molecule has 1 aromatic carbocycles. The van der Waals surface area contributed by atoms with Crippen molar-refractivity contribution in [3.63, 3.8) is 0 Å². The minimum Gasteiger partial charge on any atom is -0.336 e. The third-order valence-corrected chi connectivity index (χ3v) is 4.40. The second kappa shape index (κ2) is 6.33. The lowest BCUT2D eigenvalue weighted by molar-refractivity contribution is -0.117. The molecule has 1 atom stereocenters. The summed E-state index contributed by atoms with van der Waals surface area (Å²) in [7, 11) is 0. The lowest BCUT2D eigenvalue weighted by Crippen LogP contribution is -2.38. The molecule has 8 heteroatoms. The van der Waals surface area contributed by atoms with E-state index in [1.54, 1.807) is 19.2 Å². The Labute approximate surface area is 136 Å². The van der Waals surface area contributed by atoms with Crippen LogP contribution in [-0.4, -0.2) is 29.5 Å². The highest BCUT2D eigenvalue weighted by Crippen LogP contribution is 2.22. The van der Waals surface area contributed by atoms with E-state index in [1.165, 1.54) is 17.4 Å². The summed E-state index contributed by atoms with van der Waals surface area (Å²) < 4.78 is 13.6. The highest BCUT2D eigenvalue weighted by atomic mass is 32.1. The number of hydrogen-bond acceptors (Lipinski definition) is 4. The van der Waals surface area contributed by atoms with Gasteiger partial charge in [-0.3, -0.25) is 4.79 Å². The van der Waals surface area contributed by atoms with E-state index in [0.29, 0.717) is 17.1 Å². The second-order valence-electron chi connectivity index (χ2n) is 5.29. The fourth-order valence-corrected chi connectivity index (χ4v) is 3.05. The lowest BCUT2D eigenvalue weighted by atomic mass is 10.1. The molecule has 1 saturated heterocycles. The summed E-state index contributed by atoms with van der Waals surface area (Å²) in [4.78, 5) is 28.0. The molecule has 0 saturated carbocycles. The average molecular weight is 334 g/mol. The van der Waals surface area contributed by atoms with Crippen LogP contribution in [0.15, 0.2) is 24.4 Å². The fraction of sp³-hybridized carbons (Fsp3) is 0.267. The molecule has 3 rings (SSSR count). The maximum absolute atomic E-state index is 13.6. The predicted octanol–water partition coefficient (Wildman–Crippen LogP) is 1.80. The molecule has 0 unspecified atom stereocenters. The summed E-state index contributed by atoms with van der Waals surface area (Å²) in [6.07, 6.45) is 2.20. The molecule has 1 aliphatic rings. The Morgan fingerprint density at radius 3 is 3.04 bits per heavy atom. The minimum atomic E-state index is -0.596. The summed E-state index contributed by atoms with van der Waals surface area (Å²) in [5.74, 6) is -0.546. The Morgan fingerprint density at radius 1 is 1.52 bits per heavy atom. The molecule has 6 nitrogen and oxygen atoms in total. The van der Waals surface area contributed by atoms with Crippen molar-refractivity contribution in [1.29, 1.82) is 0 Å². The van der Waals surface area contributed by atoms with E-state index in [2.05, 4.69) is 20.9 Å². The van der Waals surface area contributed by atoms with Crippen LogP contribution in [0.2, 0.25) is 0 Å². The molecule has 2 heterocycles. The van der Waals surface area contributed by atoms with Crippen LogP contribution in [0.1, 0.15) is 16.0 Å². The topological polar surface area (TPSA) is 83.1 Å². The Hall–Kier alpha value is -2.48. The molecule has 1 fully saturated rings. The van der Waals surface area contributed by atoms with Gasteiger partial charge in [0, 0.05) is 24.0 Å². The number of urea groups is 1. The first-order valence-corrected chi connectivity index (χ1v) is 7.88. The van der Waals surface area contributed by atoms with Gasteiger partial charge < -0.3 is 16.0 Å². The van der Waals surface area contributed by atoms with Crippen LogP contribution in [-0.2, 0) is 11.2 Å². The number of nitrogens with one attached hydrogen (secondary N) is 3. The van der Waals surface area contributed by atoms with Crippen LogP contribution in [0.5, 0.6) is 0 Å². The van der Waals surface area contributed by atoms with Gasteiger partial charge in [-0.05, 0) is 24.1 Å². The number of aryl methyl sites for hydroxylation is 1. The molecule has 0 spiro atoms. The molecule has 0 bridgehead atoms. The zero-order chi connectivity index (χ0) is 16.4. The van der Waals surface area contributed by atoms with Crippen molar-refractivity contribution in [2.24, 2.45) is 0 Å². The SMILES string of the molecule is Cc1ccc(Cc2cnc(NC(=O)[C@H]3CNC(=O)N3)s2)cc1F. The molecule has 3 N–H and O–H groups in total. The number of anilines is 1. The normalized spacial score (nSPS) is 16.8. The van der Waals surface area contributed by atoms with E-state index in [-0.39, 0.29) is 24.3 Å². The first-order valence-electron chi connectivity index (χ1n) is 7.06. The molecule has 120 valence electrons. The monoisotopic (exact) mass is 334 g/mol. The molecule has 1 aliphatic heterocycles. The fourth-order valence-electron chi connectivity index (χ4n) is 2.20. The predicted molar refractivity (Wildman–Crippen MR) is 85.0 cm³/mol. The Bertz CT molecular complexity index is 762. The summed E-state index contributed by atoms with van der Waals surface area (Å²) in [5.41, 5.74) is 1.46. The van der Waals surface area contributed by atoms with Crippen molar-refractivity contribution in [3.8, 4) is 0 Å². The second-order valence-corrected chi connectivity index (χ2v) is 6.40. The molecule has 1 aromatic heterocycles. The molecule has 0 radical (unpaired) electrons. The van der Waals surface area contributed by atoms with Crippen LogP contribution in [0.25, 0.3) is 0 Å². The number of aromatic nitrogens is 1. The van der Waals surface area contributed by atoms with Gasteiger partial charge in [0.25, 0.3) is 5.91 Å². The smallest absolute Gasteiger partial charge is 0.315 e.